The van der Waals surface area contributed by atoms with Crippen LogP contribution in [-0.2, 0) is 0 Å². The molecule has 0 aliphatic rings. The summed E-state index contributed by atoms with van der Waals surface area (Å²) >= 11 is 7.05. The maximum absolute atomic E-state index is 3.27. The van der Waals surface area contributed by atoms with Gasteiger partial charge in [-0.15, -0.1) is 47.0 Å². The molecule has 0 amide bonds. The minimum absolute atomic E-state index is 0.995. The Hall–Kier alpha value is -1.82. The summed E-state index contributed by atoms with van der Waals surface area (Å²) in [4.78, 5) is 5.14. The highest BCUT2D eigenvalue weighted by atomic mass is 32.2. The van der Waals surface area contributed by atoms with Crippen LogP contribution < -0.4 is 0 Å². The van der Waals surface area contributed by atoms with Crippen molar-refractivity contribution in [3.63, 3.8) is 0 Å². The van der Waals surface area contributed by atoms with Crippen LogP contribution in [0.2, 0.25) is 0 Å². The molecule has 3 aromatic rings. The molecule has 0 saturated carbocycles. The van der Waals surface area contributed by atoms with Gasteiger partial charge in [0, 0.05) is 41.8 Å². The molecule has 4 heteroatoms. The zero-order valence-corrected chi connectivity index (χ0v) is 20.7. The molecule has 0 fully saturated rings. The smallest absolute Gasteiger partial charge is 0.0260 e. The minimum Gasteiger partial charge on any atom is -0.128 e. The first-order valence-electron chi connectivity index (χ1n) is 9.25. The van der Waals surface area contributed by atoms with E-state index in [4.69, 9.17) is 0 Å². The molecule has 30 heavy (non-hydrogen) atoms. The van der Waals surface area contributed by atoms with E-state index in [-0.39, 0.29) is 0 Å². The van der Waals surface area contributed by atoms with Crippen molar-refractivity contribution in [2.75, 3.05) is 25.0 Å². The molecule has 0 bridgehead atoms. The van der Waals surface area contributed by atoms with E-state index >= 15 is 0 Å². The Morgan fingerprint density at radius 2 is 0.700 bits per heavy atom. The van der Waals surface area contributed by atoms with E-state index in [1.165, 1.54) is 19.6 Å². The maximum Gasteiger partial charge on any atom is 0.0260 e. The molecule has 0 heterocycles. The van der Waals surface area contributed by atoms with Crippen molar-refractivity contribution in [2.45, 2.75) is 19.6 Å². The fourth-order valence-corrected chi connectivity index (χ4v) is 5.71. The van der Waals surface area contributed by atoms with E-state index in [0.29, 0.717) is 0 Å². The number of thioether (sulfide) groups is 4. The summed E-state index contributed by atoms with van der Waals surface area (Å²) < 4.78 is 0. The largest absolute Gasteiger partial charge is 0.128 e. The highest BCUT2D eigenvalue weighted by Gasteiger charge is 2.01. The summed E-state index contributed by atoms with van der Waals surface area (Å²) in [5.41, 5.74) is 4.07. The minimum atomic E-state index is 0.995. The molecule has 3 rings (SSSR count). The lowest BCUT2D eigenvalue weighted by Crippen LogP contribution is -1.82. The molecule has 0 atom stereocenters. The predicted molar refractivity (Wildman–Crippen MR) is 138 cm³/mol. The first-order chi connectivity index (χ1) is 14.7. The van der Waals surface area contributed by atoms with Crippen LogP contribution in [-0.4, -0.2) is 25.0 Å². The maximum atomic E-state index is 3.27. The van der Waals surface area contributed by atoms with Gasteiger partial charge in [-0.3, -0.25) is 0 Å². The van der Waals surface area contributed by atoms with E-state index in [9.17, 15) is 0 Å². The summed E-state index contributed by atoms with van der Waals surface area (Å²) in [6, 6.07) is 20.9. The van der Waals surface area contributed by atoms with Crippen molar-refractivity contribution in [3.8, 4) is 23.7 Å². The lowest BCUT2D eigenvalue weighted by Gasteiger charge is -2.04. The van der Waals surface area contributed by atoms with Crippen LogP contribution in [0.15, 0.2) is 80.2 Å². The second-order valence-electron chi connectivity index (χ2n) is 6.22. The normalized spacial score (nSPS) is 10.0. The van der Waals surface area contributed by atoms with E-state index in [1.54, 1.807) is 47.0 Å². The third kappa shape index (κ3) is 6.10. The van der Waals surface area contributed by atoms with Crippen molar-refractivity contribution in [2.24, 2.45) is 0 Å². The molecule has 0 aliphatic carbocycles. The molecule has 0 unspecified atom stereocenters. The lowest BCUT2D eigenvalue weighted by molar-refractivity contribution is 1.25. The molecule has 0 saturated heterocycles. The van der Waals surface area contributed by atoms with Crippen molar-refractivity contribution >= 4 is 47.0 Å². The van der Waals surface area contributed by atoms with Crippen LogP contribution >= 0.6 is 47.0 Å². The van der Waals surface area contributed by atoms with Crippen molar-refractivity contribution in [3.05, 3.63) is 82.9 Å². The van der Waals surface area contributed by atoms with Gasteiger partial charge < -0.3 is 0 Å². The summed E-state index contributed by atoms with van der Waals surface area (Å²) in [6.45, 7) is 0. The second-order valence-corrected chi connectivity index (χ2v) is 9.61. The second kappa shape index (κ2) is 11.5. The van der Waals surface area contributed by atoms with Crippen molar-refractivity contribution in [1.82, 2.24) is 0 Å². The standard InChI is InChI=1S/C26H22S4/c1-27-23-15-13-21(17-25(23)29-3)11-9-19-5-7-20(8-6-19)10-12-22-14-16-24(28-2)26(18-22)30-4/h5-8,13-18H,1-4H3. The molecular formula is C26H22S4. The molecule has 0 radical (unpaired) electrons. The van der Waals surface area contributed by atoms with E-state index < -0.39 is 0 Å². The fourth-order valence-electron chi connectivity index (χ4n) is 2.75. The highest BCUT2D eigenvalue weighted by molar-refractivity contribution is 8.02. The molecule has 0 aromatic heterocycles. The van der Waals surface area contributed by atoms with Crippen LogP contribution in [0.4, 0.5) is 0 Å². The van der Waals surface area contributed by atoms with Crippen LogP contribution in [0.25, 0.3) is 0 Å². The molecule has 0 nitrogen and oxygen atoms in total. The SMILES string of the molecule is CSc1ccc(C#Cc2ccc(C#Cc3ccc(SC)c(SC)c3)cc2)cc1SC. The number of benzene rings is 3. The first-order valence-corrected chi connectivity index (χ1v) is 14.1. The number of hydrogen-bond donors (Lipinski definition) is 0. The van der Waals surface area contributed by atoms with Gasteiger partial charge in [0.15, 0.2) is 0 Å². The number of rotatable bonds is 4. The van der Waals surface area contributed by atoms with Gasteiger partial charge in [0.1, 0.15) is 0 Å². The van der Waals surface area contributed by atoms with Gasteiger partial charge in [-0.1, -0.05) is 23.7 Å². The van der Waals surface area contributed by atoms with Crippen molar-refractivity contribution < 1.29 is 0 Å². The van der Waals surface area contributed by atoms with Gasteiger partial charge >= 0.3 is 0 Å². The third-order valence-corrected chi connectivity index (χ3v) is 7.76. The lowest BCUT2D eigenvalue weighted by atomic mass is 10.1. The van der Waals surface area contributed by atoms with Gasteiger partial charge in [-0.05, 0) is 85.7 Å². The van der Waals surface area contributed by atoms with Crippen LogP contribution in [0.3, 0.4) is 0 Å². The van der Waals surface area contributed by atoms with E-state index in [2.05, 4.69) is 85.1 Å². The number of hydrogen-bond acceptors (Lipinski definition) is 4. The Morgan fingerprint density at radius 3 is 1.03 bits per heavy atom. The summed E-state index contributed by atoms with van der Waals surface area (Å²) in [6.07, 6.45) is 8.41. The van der Waals surface area contributed by atoms with E-state index in [1.807, 2.05) is 24.3 Å². The highest BCUT2D eigenvalue weighted by Crippen LogP contribution is 2.29. The van der Waals surface area contributed by atoms with Crippen LogP contribution in [0.5, 0.6) is 0 Å². The topological polar surface area (TPSA) is 0 Å². The first kappa shape index (κ1) is 22.9. The Balaban J connectivity index is 1.74. The van der Waals surface area contributed by atoms with Crippen LogP contribution in [0, 0.1) is 23.7 Å². The Kier molecular flexibility index (Phi) is 8.79. The van der Waals surface area contributed by atoms with Gasteiger partial charge in [0.05, 0.1) is 0 Å². The van der Waals surface area contributed by atoms with Gasteiger partial charge in [0.25, 0.3) is 0 Å². The zero-order valence-electron chi connectivity index (χ0n) is 17.4. The molecule has 0 N–H and O–H groups in total. The zero-order chi connectivity index (χ0) is 21.3. The average Bonchev–Trinajstić information content (AvgIpc) is 2.81. The average molecular weight is 463 g/mol. The summed E-state index contributed by atoms with van der Waals surface area (Å²) in [5, 5.41) is 0. The molecule has 150 valence electrons. The molecule has 3 aromatic carbocycles. The fraction of sp³-hybridized carbons (Fsp3) is 0.154. The van der Waals surface area contributed by atoms with Gasteiger partial charge in [0.2, 0.25) is 0 Å². The molecule has 0 aliphatic heterocycles. The Bertz CT molecular complexity index is 1050. The van der Waals surface area contributed by atoms with Crippen molar-refractivity contribution in [1.29, 1.82) is 0 Å². The predicted octanol–water partition coefficient (Wildman–Crippen LogP) is 7.37. The van der Waals surface area contributed by atoms with Gasteiger partial charge in [-0.25, -0.2) is 0 Å². The Labute approximate surface area is 197 Å². The van der Waals surface area contributed by atoms with Crippen LogP contribution in [0.1, 0.15) is 22.3 Å². The Morgan fingerprint density at radius 1 is 0.400 bits per heavy atom. The molecular weight excluding hydrogens is 441 g/mol. The summed E-state index contributed by atoms with van der Waals surface area (Å²) in [7, 11) is 0. The third-order valence-electron chi connectivity index (χ3n) is 4.35. The molecule has 0 spiro atoms. The van der Waals surface area contributed by atoms with Gasteiger partial charge in [-0.2, -0.15) is 0 Å². The summed E-state index contributed by atoms with van der Waals surface area (Å²) in [5.74, 6) is 13.1. The van der Waals surface area contributed by atoms with E-state index in [0.717, 1.165) is 22.3 Å². The quantitative estimate of drug-likeness (QED) is 0.293. The monoisotopic (exact) mass is 462 g/mol.